The van der Waals surface area contributed by atoms with Crippen LogP contribution >= 0.6 is 34.7 Å². The Hall–Kier alpha value is -1.05. The average Bonchev–Trinajstić information content (AvgIpc) is 3.14. The molecule has 0 spiro atoms. The van der Waals surface area contributed by atoms with Crippen molar-refractivity contribution in [3.8, 4) is 0 Å². The van der Waals surface area contributed by atoms with E-state index in [0.29, 0.717) is 18.3 Å². The molecular weight excluding hydrogens is 340 g/mol. The summed E-state index contributed by atoms with van der Waals surface area (Å²) in [5.74, 6) is 1.39. The van der Waals surface area contributed by atoms with Gasteiger partial charge in [-0.3, -0.25) is 4.79 Å². The number of carbonyl (C=O) groups is 1. The quantitative estimate of drug-likeness (QED) is 0.744. The molecule has 1 fully saturated rings. The summed E-state index contributed by atoms with van der Waals surface area (Å²) in [4.78, 5) is 15.1. The molecule has 8 heteroatoms. The molecule has 1 amide bonds. The Morgan fingerprint density at radius 3 is 2.91 bits per heavy atom. The van der Waals surface area contributed by atoms with Crippen LogP contribution in [0.5, 0.6) is 0 Å². The van der Waals surface area contributed by atoms with Gasteiger partial charge < -0.3 is 9.47 Å². The van der Waals surface area contributed by atoms with Crippen LogP contribution in [0.2, 0.25) is 4.34 Å². The van der Waals surface area contributed by atoms with Gasteiger partial charge in [0.1, 0.15) is 5.82 Å². The molecule has 5 nitrogen and oxygen atoms in total. The first-order valence-corrected chi connectivity index (χ1v) is 9.25. The van der Waals surface area contributed by atoms with Crippen LogP contribution in [0.1, 0.15) is 29.6 Å². The highest BCUT2D eigenvalue weighted by molar-refractivity contribution is 7.99. The summed E-state index contributed by atoms with van der Waals surface area (Å²) in [6.07, 6.45) is 2.36. The van der Waals surface area contributed by atoms with E-state index >= 15 is 0 Å². The summed E-state index contributed by atoms with van der Waals surface area (Å²) in [7, 11) is 1.81. The number of nitrogens with zero attached hydrogens (tertiary/aromatic N) is 4. The van der Waals surface area contributed by atoms with Crippen molar-refractivity contribution >= 4 is 40.6 Å². The van der Waals surface area contributed by atoms with Crippen LogP contribution in [-0.2, 0) is 11.3 Å². The molecule has 0 saturated heterocycles. The lowest BCUT2D eigenvalue weighted by Gasteiger charge is -2.16. The third-order valence-electron chi connectivity index (χ3n) is 3.52. The first-order valence-electron chi connectivity index (χ1n) is 7.07. The highest BCUT2D eigenvalue weighted by atomic mass is 35.5. The van der Waals surface area contributed by atoms with Gasteiger partial charge in [0, 0.05) is 18.0 Å². The standard InChI is InChI=1S/C14H17ClN4OS2/c1-9-16-17-14(19(9)10-3-4-10)21-8-13(20)18(2)7-11-5-6-12(15)22-11/h5-6,10H,3-4,7-8H2,1-2H3. The van der Waals surface area contributed by atoms with Gasteiger partial charge in [0.05, 0.1) is 16.6 Å². The average molecular weight is 357 g/mol. The first kappa shape index (κ1) is 15.8. The molecule has 2 heterocycles. The summed E-state index contributed by atoms with van der Waals surface area (Å²) in [5, 5.41) is 9.16. The molecule has 0 atom stereocenters. The van der Waals surface area contributed by atoms with E-state index in [0.717, 1.165) is 20.2 Å². The zero-order chi connectivity index (χ0) is 15.7. The Labute approximate surface area is 142 Å². The zero-order valence-electron chi connectivity index (χ0n) is 12.5. The minimum absolute atomic E-state index is 0.0810. The molecule has 0 radical (unpaired) electrons. The fourth-order valence-corrected chi connectivity index (χ4v) is 4.33. The fraction of sp³-hybridized carbons (Fsp3) is 0.500. The van der Waals surface area contributed by atoms with Gasteiger partial charge in [0.15, 0.2) is 5.16 Å². The number of carbonyl (C=O) groups excluding carboxylic acids is 1. The molecule has 118 valence electrons. The molecule has 1 aliphatic rings. The number of hydrogen-bond acceptors (Lipinski definition) is 5. The van der Waals surface area contributed by atoms with Crippen molar-refractivity contribution in [1.29, 1.82) is 0 Å². The SMILES string of the molecule is Cc1nnc(SCC(=O)N(C)Cc2ccc(Cl)s2)n1C1CC1. The first-order chi connectivity index (χ1) is 10.5. The van der Waals surface area contributed by atoms with Crippen molar-refractivity contribution in [3.05, 3.63) is 27.2 Å². The maximum Gasteiger partial charge on any atom is 0.233 e. The van der Waals surface area contributed by atoms with E-state index < -0.39 is 0 Å². The summed E-state index contributed by atoms with van der Waals surface area (Å²) in [6.45, 7) is 2.55. The van der Waals surface area contributed by atoms with E-state index in [2.05, 4.69) is 14.8 Å². The molecule has 22 heavy (non-hydrogen) atoms. The topological polar surface area (TPSA) is 51.0 Å². The van der Waals surface area contributed by atoms with Crippen molar-refractivity contribution < 1.29 is 4.79 Å². The predicted octanol–water partition coefficient (Wildman–Crippen LogP) is 3.39. The van der Waals surface area contributed by atoms with Gasteiger partial charge in [0.25, 0.3) is 0 Å². The summed E-state index contributed by atoms with van der Waals surface area (Å²) < 4.78 is 2.90. The molecular formula is C14H17ClN4OS2. The van der Waals surface area contributed by atoms with Crippen LogP contribution in [0.25, 0.3) is 0 Å². The molecule has 0 aliphatic heterocycles. The van der Waals surface area contributed by atoms with Crippen LogP contribution in [0, 0.1) is 6.92 Å². The van der Waals surface area contributed by atoms with E-state index in [1.54, 1.807) is 4.90 Å². The Morgan fingerprint density at radius 2 is 2.27 bits per heavy atom. The van der Waals surface area contributed by atoms with Crippen molar-refractivity contribution in [2.24, 2.45) is 0 Å². The molecule has 3 rings (SSSR count). The Bertz CT molecular complexity index is 680. The predicted molar refractivity (Wildman–Crippen MR) is 89.6 cm³/mol. The smallest absolute Gasteiger partial charge is 0.233 e. The number of rotatable bonds is 6. The highest BCUT2D eigenvalue weighted by Crippen LogP contribution is 2.38. The number of aryl methyl sites for hydroxylation is 1. The maximum absolute atomic E-state index is 12.3. The van der Waals surface area contributed by atoms with Crippen LogP contribution in [-0.4, -0.2) is 38.4 Å². The van der Waals surface area contributed by atoms with Crippen molar-refractivity contribution in [2.75, 3.05) is 12.8 Å². The molecule has 0 unspecified atom stereocenters. The number of aromatic nitrogens is 3. The minimum atomic E-state index is 0.0810. The highest BCUT2D eigenvalue weighted by Gasteiger charge is 2.28. The largest absolute Gasteiger partial charge is 0.340 e. The third kappa shape index (κ3) is 3.64. The molecule has 2 aromatic rings. The third-order valence-corrected chi connectivity index (χ3v) is 5.66. The number of thiophene rings is 1. The van der Waals surface area contributed by atoms with Gasteiger partial charge in [-0.2, -0.15) is 0 Å². The van der Waals surface area contributed by atoms with Crippen LogP contribution in [0.3, 0.4) is 0 Å². The lowest BCUT2D eigenvalue weighted by atomic mass is 10.4. The summed E-state index contributed by atoms with van der Waals surface area (Å²) in [6, 6.07) is 4.34. The van der Waals surface area contributed by atoms with Gasteiger partial charge in [-0.25, -0.2) is 0 Å². The van der Waals surface area contributed by atoms with Crippen LogP contribution in [0.15, 0.2) is 17.3 Å². The van der Waals surface area contributed by atoms with Gasteiger partial charge in [-0.05, 0) is 31.9 Å². The van der Waals surface area contributed by atoms with E-state index in [9.17, 15) is 4.79 Å². The van der Waals surface area contributed by atoms with Crippen LogP contribution in [0.4, 0.5) is 0 Å². The van der Waals surface area contributed by atoms with Gasteiger partial charge in [-0.1, -0.05) is 23.4 Å². The zero-order valence-corrected chi connectivity index (χ0v) is 14.8. The lowest BCUT2D eigenvalue weighted by molar-refractivity contribution is -0.127. The van der Waals surface area contributed by atoms with E-state index in [1.807, 2.05) is 26.1 Å². The van der Waals surface area contributed by atoms with Crippen LogP contribution < -0.4 is 0 Å². The fourth-order valence-electron chi connectivity index (χ4n) is 2.20. The van der Waals surface area contributed by atoms with E-state index in [1.165, 1.54) is 35.9 Å². The number of thioether (sulfide) groups is 1. The molecule has 0 aromatic carbocycles. The molecule has 0 N–H and O–H groups in total. The normalized spacial score (nSPS) is 14.3. The van der Waals surface area contributed by atoms with Crippen molar-refractivity contribution in [1.82, 2.24) is 19.7 Å². The number of halogens is 1. The van der Waals surface area contributed by atoms with Gasteiger partial charge in [0.2, 0.25) is 5.91 Å². The number of amides is 1. The second-order valence-corrected chi connectivity index (χ2v) is 8.12. The van der Waals surface area contributed by atoms with Crippen molar-refractivity contribution in [2.45, 2.75) is 37.5 Å². The summed E-state index contributed by atoms with van der Waals surface area (Å²) in [5.41, 5.74) is 0. The molecule has 2 aromatic heterocycles. The lowest BCUT2D eigenvalue weighted by Crippen LogP contribution is -2.27. The molecule has 1 aliphatic carbocycles. The second-order valence-electron chi connectivity index (χ2n) is 5.38. The molecule has 1 saturated carbocycles. The number of hydrogen-bond donors (Lipinski definition) is 0. The van der Waals surface area contributed by atoms with Gasteiger partial charge >= 0.3 is 0 Å². The second kappa shape index (κ2) is 6.60. The van der Waals surface area contributed by atoms with E-state index in [4.69, 9.17) is 11.6 Å². The molecule has 0 bridgehead atoms. The van der Waals surface area contributed by atoms with Gasteiger partial charge in [-0.15, -0.1) is 21.5 Å². The summed E-state index contributed by atoms with van der Waals surface area (Å²) >= 11 is 8.88. The van der Waals surface area contributed by atoms with E-state index in [-0.39, 0.29) is 5.91 Å². The Kier molecular flexibility index (Phi) is 4.75. The van der Waals surface area contributed by atoms with Crippen molar-refractivity contribution in [3.63, 3.8) is 0 Å². The monoisotopic (exact) mass is 356 g/mol. The Morgan fingerprint density at radius 1 is 1.50 bits per heavy atom. The Balaban J connectivity index is 1.55. The minimum Gasteiger partial charge on any atom is -0.340 e. The maximum atomic E-state index is 12.3.